The molecule has 1 aliphatic carbocycles. The largest absolute Gasteiger partial charge is 0.234 e. The summed E-state index contributed by atoms with van der Waals surface area (Å²) in [6.45, 7) is 20.0. The zero-order chi connectivity index (χ0) is 22.2. The van der Waals surface area contributed by atoms with Crippen molar-refractivity contribution in [2.45, 2.75) is 150 Å². The van der Waals surface area contributed by atoms with Gasteiger partial charge in [0.05, 0.1) is 0 Å². The van der Waals surface area contributed by atoms with Gasteiger partial charge in [-0.2, -0.15) is 9.78 Å². The van der Waals surface area contributed by atoms with Crippen LogP contribution in [0.25, 0.3) is 0 Å². The average molecular weight is 415 g/mol. The molecule has 0 aliphatic heterocycles. The van der Waals surface area contributed by atoms with E-state index >= 15 is 0 Å². The molecule has 0 aromatic carbocycles. The van der Waals surface area contributed by atoms with Crippen LogP contribution in [0.1, 0.15) is 133 Å². The molecule has 0 saturated heterocycles. The molecule has 1 atom stereocenters. The maximum Gasteiger partial charge on any atom is 0.234 e. The summed E-state index contributed by atoms with van der Waals surface area (Å²) in [5.41, 5.74) is -0.403. The highest BCUT2D eigenvalue weighted by Crippen LogP contribution is 2.48. The molecule has 0 radical (unpaired) electrons. The summed E-state index contributed by atoms with van der Waals surface area (Å²) in [6.07, 6.45) is 10.5. The van der Waals surface area contributed by atoms with Crippen molar-refractivity contribution in [2.24, 2.45) is 11.3 Å². The molecule has 1 rings (SSSR count). The summed E-state index contributed by atoms with van der Waals surface area (Å²) < 4.78 is 0. The van der Waals surface area contributed by atoms with E-state index in [0.717, 1.165) is 70.6 Å². The van der Waals surface area contributed by atoms with E-state index in [1.807, 2.05) is 0 Å². The van der Waals surface area contributed by atoms with Crippen LogP contribution in [0.4, 0.5) is 0 Å². The van der Waals surface area contributed by atoms with E-state index in [9.17, 15) is 0 Å². The number of hydrogen-bond acceptors (Lipinski definition) is 4. The number of hydrogen-bond donors (Lipinski definition) is 0. The zero-order valence-electron chi connectivity index (χ0n) is 21.0. The molecule has 29 heavy (non-hydrogen) atoms. The third kappa shape index (κ3) is 7.48. The minimum absolute atomic E-state index is 0.113. The zero-order valence-corrected chi connectivity index (χ0v) is 21.0. The van der Waals surface area contributed by atoms with Gasteiger partial charge < -0.3 is 0 Å². The summed E-state index contributed by atoms with van der Waals surface area (Å²) in [7, 11) is 0. The highest BCUT2D eigenvalue weighted by Gasteiger charge is 2.49. The van der Waals surface area contributed by atoms with Crippen LogP contribution in [-0.2, 0) is 19.6 Å². The highest BCUT2D eigenvalue weighted by atomic mass is 17.3. The first-order valence-electron chi connectivity index (χ1n) is 12.3. The summed E-state index contributed by atoms with van der Waals surface area (Å²) in [6, 6.07) is 0. The van der Waals surface area contributed by atoms with E-state index in [4.69, 9.17) is 19.6 Å². The highest BCUT2D eigenvalue weighted by molar-refractivity contribution is 4.89. The Morgan fingerprint density at radius 3 is 1.45 bits per heavy atom. The lowest BCUT2D eigenvalue weighted by Gasteiger charge is -2.47. The third-order valence-corrected chi connectivity index (χ3v) is 7.04. The maximum atomic E-state index is 6.29. The second-order valence-corrected chi connectivity index (χ2v) is 10.4. The van der Waals surface area contributed by atoms with E-state index < -0.39 is 5.79 Å². The Kier molecular flexibility index (Phi) is 10.6. The molecule has 4 nitrogen and oxygen atoms in total. The fourth-order valence-electron chi connectivity index (χ4n) is 5.33. The average Bonchev–Trinajstić information content (AvgIpc) is 2.67. The van der Waals surface area contributed by atoms with Crippen molar-refractivity contribution in [3.8, 4) is 0 Å². The first-order valence-corrected chi connectivity index (χ1v) is 12.3. The Morgan fingerprint density at radius 2 is 1.14 bits per heavy atom. The molecule has 1 fully saturated rings. The van der Waals surface area contributed by atoms with Gasteiger partial charge in [-0.3, -0.25) is 0 Å². The first-order chi connectivity index (χ1) is 13.6. The van der Waals surface area contributed by atoms with Crippen LogP contribution in [0.5, 0.6) is 0 Å². The fraction of sp³-hybridized carbons (Fsp3) is 1.00. The van der Waals surface area contributed by atoms with Gasteiger partial charge in [-0.15, -0.1) is 0 Å². The Morgan fingerprint density at radius 1 is 0.724 bits per heavy atom. The molecule has 174 valence electrons. The predicted octanol–water partition coefficient (Wildman–Crippen LogP) is 8.14. The lowest BCUT2D eigenvalue weighted by molar-refractivity contribution is -0.558. The van der Waals surface area contributed by atoms with E-state index in [1.54, 1.807) is 0 Å². The molecular formula is C25H50O4. The van der Waals surface area contributed by atoms with Crippen LogP contribution in [0.15, 0.2) is 0 Å². The van der Waals surface area contributed by atoms with E-state index in [1.165, 1.54) is 0 Å². The van der Waals surface area contributed by atoms with Crippen molar-refractivity contribution < 1.29 is 19.6 Å². The van der Waals surface area contributed by atoms with Gasteiger partial charge in [-0.1, -0.05) is 75.2 Å². The van der Waals surface area contributed by atoms with Crippen molar-refractivity contribution >= 4 is 0 Å². The quantitative estimate of drug-likeness (QED) is 0.163. The second-order valence-electron chi connectivity index (χ2n) is 10.4. The van der Waals surface area contributed by atoms with E-state index in [-0.39, 0.29) is 16.6 Å². The van der Waals surface area contributed by atoms with Gasteiger partial charge in [-0.25, -0.2) is 9.78 Å². The Hall–Kier alpha value is -0.160. The third-order valence-electron chi connectivity index (χ3n) is 7.04. The van der Waals surface area contributed by atoms with Gasteiger partial charge in [0.25, 0.3) is 0 Å². The molecule has 0 heterocycles. The van der Waals surface area contributed by atoms with Gasteiger partial charge in [0.1, 0.15) is 11.2 Å². The van der Waals surface area contributed by atoms with Gasteiger partial charge in [-0.05, 0) is 56.3 Å². The SMILES string of the molecule is CCCC(CC)(CC)OOC1(OOC(CC)(CC)CCC)CC(C)CC(C)(C)C1. The van der Waals surface area contributed by atoms with Crippen LogP contribution in [-0.4, -0.2) is 17.0 Å². The Labute approximate surface area is 181 Å². The minimum atomic E-state index is -0.853. The van der Waals surface area contributed by atoms with Gasteiger partial charge in [0, 0.05) is 12.8 Å². The predicted molar refractivity (Wildman–Crippen MR) is 120 cm³/mol. The summed E-state index contributed by atoms with van der Waals surface area (Å²) in [5.74, 6) is -0.369. The van der Waals surface area contributed by atoms with Crippen molar-refractivity contribution in [1.82, 2.24) is 0 Å². The van der Waals surface area contributed by atoms with Crippen molar-refractivity contribution in [2.75, 3.05) is 0 Å². The molecule has 0 bridgehead atoms. The molecule has 0 amide bonds. The maximum absolute atomic E-state index is 6.29. The fourth-order valence-corrected chi connectivity index (χ4v) is 5.33. The molecule has 4 heteroatoms. The second kappa shape index (κ2) is 11.5. The Balaban J connectivity index is 3.09. The van der Waals surface area contributed by atoms with Crippen molar-refractivity contribution in [3.05, 3.63) is 0 Å². The molecule has 1 saturated carbocycles. The van der Waals surface area contributed by atoms with Crippen LogP contribution < -0.4 is 0 Å². The molecule has 1 unspecified atom stereocenters. The van der Waals surface area contributed by atoms with Crippen LogP contribution >= 0.6 is 0 Å². The van der Waals surface area contributed by atoms with Crippen LogP contribution in [0, 0.1) is 11.3 Å². The van der Waals surface area contributed by atoms with Crippen LogP contribution in [0.3, 0.4) is 0 Å². The lowest BCUT2D eigenvalue weighted by atomic mass is 9.70. The Bertz CT molecular complexity index is 426. The van der Waals surface area contributed by atoms with E-state index in [0.29, 0.717) is 5.92 Å². The standard InChI is InChI=1S/C25H50O4/c1-10-16-23(12-3,13-4)26-28-25(19-21(7)18-22(8,9)20-25)29-27-24(14-5,15-6)17-11-2/h21H,10-20H2,1-9H3. The first kappa shape index (κ1) is 26.9. The summed E-state index contributed by atoms with van der Waals surface area (Å²) in [4.78, 5) is 25.1. The minimum Gasteiger partial charge on any atom is -0.227 e. The molecule has 0 aromatic heterocycles. The van der Waals surface area contributed by atoms with Gasteiger partial charge >= 0.3 is 0 Å². The van der Waals surface area contributed by atoms with Crippen molar-refractivity contribution in [1.29, 1.82) is 0 Å². The van der Waals surface area contributed by atoms with Crippen LogP contribution in [0.2, 0.25) is 0 Å². The molecule has 1 aliphatic rings. The topological polar surface area (TPSA) is 36.9 Å². The smallest absolute Gasteiger partial charge is 0.227 e. The molecular weight excluding hydrogens is 364 g/mol. The monoisotopic (exact) mass is 414 g/mol. The molecule has 0 spiro atoms. The lowest BCUT2D eigenvalue weighted by Crippen LogP contribution is -2.50. The summed E-state index contributed by atoms with van der Waals surface area (Å²) in [5, 5.41) is 0. The van der Waals surface area contributed by atoms with Gasteiger partial charge in [0.15, 0.2) is 0 Å². The van der Waals surface area contributed by atoms with E-state index in [2.05, 4.69) is 62.3 Å². The normalized spacial score (nSPS) is 22.0. The van der Waals surface area contributed by atoms with Gasteiger partial charge in [0.2, 0.25) is 5.79 Å². The molecule has 0 N–H and O–H groups in total. The summed E-state index contributed by atoms with van der Waals surface area (Å²) >= 11 is 0. The van der Waals surface area contributed by atoms with Crippen molar-refractivity contribution in [3.63, 3.8) is 0 Å². The molecule has 0 aromatic rings. The number of rotatable bonds is 14.